The van der Waals surface area contributed by atoms with Gasteiger partial charge < -0.3 is 10.1 Å². The minimum Gasteiger partial charge on any atom is -0.383 e. The first-order chi connectivity index (χ1) is 10.3. The molecule has 0 heterocycles. The number of hydrogen-bond donors (Lipinski definition) is 1. The monoisotopic (exact) mass is 290 g/mol. The summed E-state index contributed by atoms with van der Waals surface area (Å²) in [7, 11) is 1.79. The summed E-state index contributed by atoms with van der Waals surface area (Å²) >= 11 is 0. The molecule has 2 unspecified atom stereocenters. The van der Waals surface area contributed by atoms with Crippen LogP contribution >= 0.6 is 0 Å². The summed E-state index contributed by atoms with van der Waals surface area (Å²) in [5.74, 6) is 0.588. The standard InChI is InChI=1S/C18H30N2O/c1-4-19-18(16-8-6-5-7-9-16)15(2)14-20(12-13-21-3)17-10-11-17/h5-9,15,17-19H,4,10-14H2,1-3H3. The lowest BCUT2D eigenvalue weighted by molar-refractivity contribution is 0.127. The normalized spacial score (nSPS) is 17.9. The van der Waals surface area contributed by atoms with Crippen molar-refractivity contribution in [1.29, 1.82) is 0 Å². The summed E-state index contributed by atoms with van der Waals surface area (Å²) in [5, 5.41) is 3.66. The van der Waals surface area contributed by atoms with E-state index < -0.39 is 0 Å². The molecule has 118 valence electrons. The molecule has 0 bridgehead atoms. The Morgan fingerprint density at radius 1 is 1.29 bits per heavy atom. The average Bonchev–Trinajstić information content (AvgIpc) is 3.34. The topological polar surface area (TPSA) is 24.5 Å². The SMILES string of the molecule is CCNC(c1ccccc1)C(C)CN(CCOC)C1CC1. The number of nitrogens with one attached hydrogen (secondary N) is 1. The fourth-order valence-electron chi connectivity index (χ4n) is 3.07. The molecule has 0 aliphatic heterocycles. The van der Waals surface area contributed by atoms with Crippen LogP contribution in [0.4, 0.5) is 0 Å². The predicted octanol–water partition coefficient (Wildman–Crippen LogP) is 3.08. The third kappa shape index (κ3) is 5.10. The molecule has 3 heteroatoms. The van der Waals surface area contributed by atoms with Crippen LogP contribution in [-0.4, -0.2) is 44.3 Å². The summed E-state index contributed by atoms with van der Waals surface area (Å²) in [6.45, 7) is 8.58. The van der Waals surface area contributed by atoms with Gasteiger partial charge in [-0.2, -0.15) is 0 Å². The first kappa shape index (κ1) is 16.5. The molecule has 1 aliphatic carbocycles. The van der Waals surface area contributed by atoms with Crippen molar-refractivity contribution in [2.45, 2.75) is 38.8 Å². The molecule has 1 N–H and O–H groups in total. The Bertz CT molecular complexity index is 391. The lowest BCUT2D eigenvalue weighted by atomic mass is 9.93. The van der Waals surface area contributed by atoms with Crippen molar-refractivity contribution in [3.63, 3.8) is 0 Å². The van der Waals surface area contributed by atoms with Crippen molar-refractivity contribution in [2.75, 3.05) is 33.4 Å². The minimum absolute atomic E-state index is 0.431. The Balaban J connectivity index is 1.98. The van der Waals surface area contributed by atoms with Crippen LogP contribution in [0.2, 0.25) is 0 Å². The maximum absolute atomic E-state index is 5.27. The highest BCUT2D eigenvalue weighted by Gasteiger charge is 2.31. The highest BCUT2D eigenvalue weighted by atomic mass is 16.5. The molecule has 21 heavy (non-hydrogen) atoms. The lowest BCUT2D eigenvalue weighted by Crippen LogP contribution is -2.38. The van der Waals surface area contributed by atoms with Gasteiger partial charge in [0.05, 0.1) is 6.61 Å². The van der Waals surface area contributed by atoms with Crippen LogP contribution in [0.5, 0.6) is 0 Å². The molecule has 1 aromatic rings. The fourth-order valence-corrected chi connectivity index (χ4v) is 3.07. The molecule has 0 amide bonds. The van der Waals surface area contributed by atoms with E-state index in [1.165, 1.54) is 18.4 Å². The number of ether oxygens (including phenoxy) is 1. The van der Waals surface area contributed by atoms with Gasteiger partial charge >= 0.3 is 0 Å². The molecule has 3 nitrogen and oxygen atoms in total. The fraction of sp³-hybridized carbons (Fsp3) is 0.667. The van der Waals surface area contributed by atoms with Gasteiger partial charge in [0.25, 0.3) is 0 Å². The predicted molar refractivity (Wildman–Crippen MR) is 88.5 cm³/mol. The van der Waals surface area contributed by atoms with Gasteiger partial charge in [0.1, 0.15) is 0 Å². The quantitative estimate of drug-likeness (QED) is 0.716. The Labute approximate surface area is 129 Å². The number of hydrogen-bond acceptors (Lipinski definition) is 3. The van der Waals surface area contributed by atoms with E-state index >= 15 is 0 Å². The van der Waals surface area contributed by atoms with Crippen LogP contribution in [0, 0.1) is 5.92 Å². The summed E-state index contributed by atoms with van der Waals surface area (Å²) in [6.07, 6.45) is 2.71. The van der Waals surface area contributed by atoms with Gasteiger partial charge in [-0.15, -0.1) is 0 Å². The molecular formula is C18H30N2O. The molecule has 2 atom stereocenters. The zero-order chi connectivity index (χ0) is 15.1. The van der Waals surface area contributed by atoms with Crippen LogP contribution in [0.3, 0.4) is 0 Å². The van der Waals surface area contributed by atoms with Crippen LogP contribution in [0.25, 0.3) is 0 Å². The number of methoxy groups -OCH3 is 1. The molecule has 0 radical (unpaired) electrons. The van der Waals surface area contributed by atoms with Crippen molar-refractivity contribution in [1.82, 2.24) is 10.2 Å². The highest BCUT2D eigenvalue weighted by molar-refractivity contribution is 5.19. The van der Waals surface area contributed by atoms with Crippen LogP contribution in [0.15, 0.2) is 30.3 Å². The Morgan fingerprint density at radius 2 is 2.00 bits per heavy atom. The van der Waals surface area contributed by atoms with Crippen LogP contribution < -0.4 is 5.32 Å². The largest absolute Gasteiger partial charge is 0.383 e. The smallest absolute Gasteiger partial charge is 0.0589 e. The second-order valence-corrected chi connectivity index (χ2v) is 6.14. The van der Waals surface area contributed by atoms with E-state index in [4.69, 9.17) is 4.74 Å². The molecule has 0 saturated heterocycles. The first-order valence-corrected chi connectivity index (χ1v) is 8.27. The van der Waals surface area contributed by atoms with Gasteiger partial charge in [0.2, 0.25) is 0 Å². The third-order valence-corrected chi connectivity index (χ3v) is 4.32. The van der Waals surface area contributed by atoms with E-state index in [0.717, 1.165) is 32.3 Å². The van der Waals surface area contributed by atoms with Gasteiger partial charge in [-0.3, -0.25) is 4.90 Å². The van der Waals surface area contributed by atoms with Crippen molar-refractivity contribution < 1.29 is 4.74 Å². The van der Waals surface area contributed by atoms with Crippen molar-refractivity contribution >= 4 is 0 Å². The first-order valence-electron chi connectivity index (χ1n) is 8.27. The summed E-state index contributed by atoms with van der Waals surface area (Å²) in [5.41, 5.74) is 1.40. The maximum Gasteiger partial charge on any atom is 0.0589 e. The molecule has 2 rings (SSSR count). The van der Waals surface area contributed by atoms with Gasteiger partial charge in [-0.05, 0) is 30.9 Å². The van der Waals surface area contributed by atoms with E-state index in [-0.39, 0.29) is 0 Å². The van der Waals surface area contributed by atoms with Gasteiger partial charge in [0, 0.05) is 32.3 Å². The molecule has 1 aliphatic rings. The van der Waals surface area contributed by atoms with Crippen molar-refractivity contribution in [3.8, 4) is 0 Å². The van der Waals surface area contributed by atoms with Gasteiger partial charge in [0.15, 0.2) is 0 Å². The lowest BCUT2D eigenvalue weighted by Gasteiger charge is -2.31. The van der Waals surface area contributed by atoms with Crippen molar-refractivity contribution in [3.05, 3.63) is 35.9 Å². The van der Waals surface area contributed by atoms with E-state index in [2.05, 4.69) is 54.4 Å². The van der Waals surface area contributed by atoms with E-state index in [9.17, 15) is 0 Å². The zero-order valence-electron chi connectivity index (χ0n) is 13.7. The van der Waals surface area contributed by atoms with E-state index in [1.54, 1.807) is 7.11 Å². The Hall–Kier alpha value is -0.900. The third-order valence-electron chi connectivity index (χ3n) is 4.32. The van der Waals surface area contributed by atoms with Gasteiger partial charge in [-0.25, -0.2) is 0 Å². The summed E-state index contributed by atoms with van der Waals surface area (Å²) in [6, 6.07) is 12.1. The second kappa shape index (κ2) is 8.52. The average molecular weight is 290 g/mol. The highest BCUT2D eigenvalue weighted by Crippen LogP contribution is 2.30. The van der Waals surface area contributed by atoms with E-state index in [0.29, 0.717) is 12.0 Å². The molecule has 0 aromatic heterocycles. The molecule has 0 spiro atoms. The number of nitrogens with zero attached hydrogens (tertiary/aromatic N) is 1. The molecule has 1 saturated carbocycles. The van der Waals surface area contributed by atoms with Crippen molar-refractivity contribution in [2.24, 2.45) is 5.92 Å². The molecule has 1 aromatic carbocycles. The van der Waals surface area contributed by atoms with Crippen LogP contribution in [-0.2, 0) is 4.74 Å². The number of rotatable bonds is 10. The second-order valence-electron chi connectivity index (χ2n) is 6.14. The summed E-state index contributed by atoms with van der Waals surface area (Å²) in [4.78, 5) is 2.61. The van der Waals surface area contributed by atoms with Crippen LogP contribution in [0.1, 0.15) is 38.3 Å². The maximum atomic E-state index is 5.27. The van der Waals surface area contributed by atoms with Gasteiger partial charge in [-0.1, -0.05) is 44.2 Å². The molecular weight excluding hydrogens is 260 g/mol. The Morgan fingerprint density at radius 3 is 2.57 bits per heavy atom. The number of benzene rings is 1. The Kier molecular flexibility index (Phi) is 6.68. The zero-order valence-corrected chi connectivity index (χ0v) is 13.7. The minimum atomic E-state index is 0.431. The van der Waals surface area contributed by atoms with E-state index in [1.807, 2.05) is 0 Å². The molecule has 1 fully saturated rings. The summed E-state index contributed by atoms with van der Waals surface area (Å²) < 4.78 is 5.27.